The predicted molar refractivity (Wildman–Crippen MR) is 43.2 cm³/mol. The van der Waals surface area contributed by atoms with Crippen molar-refractivity contribution in [1.29, 1.82) is 0 Å². The van der Waals surface area contributed by atoms with E-state index >= 15 is 0 Å². The predicted octanol–water partition coefficient (Wildman–Crippen LogP) is -0.853. The van der Waals surface area contributed by atoms with Gasteiger partial charge in [-0.2, -0.15) is 0 Å². The molecule has 0 aromatic heterocycles. The summed E-state index contributed by atoms with van der Waals surface area (Å²) in [6.07, 6.45) is 0. The minimum absolute atomic E-state index is 0.113. The molecule has 1 aliphatic rings. The van der Waals surface area contributed by atoms with Crippen molar-refractivity contribution in [3.05, 3.63) is 0 Å². The Labute approximate surface area is 69.1 Å². The van der Waals surface area contributed by atoms with Gasteiger partial charge in [0.25, 0.3) is 0 Å². The number of rotatable bonds is 0. The van der Waals surface area contributed by atoms with Gasteiger partial charge in [-0.25, -0.2) is 0 Å². The van der Waals surface area contributed by atoms with Crippen LogP contribution >= 0.6 is 0 Å². The van der Waals surface area contributed by atoms with Gasteiger partial charge < -0.3 is 12.5 Å². The Morgan fingerprint density at radius 3 is 2.10 bits per heavy atom. The lowest BCUT2D eigenvalue weighted by Gasteiger charge is -2.25. The van der Waals surface area contributed by atoms with Gasteiger partial charge in [-0.05, 0) is 14.1 Å². The lowest BCUT2D eigenvalue weighted by molar-refractivity contribution is 0.106. The second-order valence-electron chi connectivity index (χ2n) is 2.91. The van der Waals surface area contributed by atoms with Crippen LogP contribution in [0.5, 0.6) is 0 Å². The molecule has 0 aromatic carbocycles. The molecule has 10 heavy (non-hydrogen) atoms. The van der Waals surface area contributed by atoms with E-state index in [4.69, 9.17) is 4.74 Å². The number of likely N-dealkylation sites (N-methyl/N-ethyl adjacent to an activating group) is 2. The summed E-state index contributed by atoms with van der Waals surface area (Å²) in [4.78, 5) is 0. The smallest absolute Gasteiger partial charge is 0.379 e. The van der Waals surface area contributed by atoms with Crippen molar-refractivity contribution in [3.63, 3.8) is 0 Å². The zero-order valence-corrected chi connectivity index (χ0v) is 8.25. The van der Waals surface area contributed by atoms with Crippen LogP contribution in [0.3, 0.4) is 0 Å². The maximum absolute atomic E-state index is 5.35. The molecule has 3 nitrogen and oxygen atoms in total. The minimum atomic E-state index is -0.113. The van der Waals surface area contributed by atoms with Crippen molar-refractivity contribution in [1.82, 2.24) is 7.77 Å². The monoisotopic (exact) mass is 158 g/mol. The van der Waals surface area contributed by atoms with Crippen LogP contribution in [0.1, 0.15) is 0 Å². The van der Waals surface area contributed by atoms with Gasteiger partial charge in [0, 0.05) is 13.1 Å². The van der Waals surface area contributed by atoms with Crippen molar-refractivity contribution in [2.24, 2.45) is 0 Å². The van der Waals surface area contributed by atoms with Crippen LogP contribution in [0.25, 0.3) is 0 Å². The zero-order valence-electron chi connectivity index (χ0n) is 6.84. The van der Waals surface area contributed by atoms with E-state index in [1.165, 1.54) is 0 Å². The Morgan fingerprint density at radius 2 is 1.60 bits per heavy atom. The molecule has 0 amide bonds. The molecule has 1 aliphatic heterocycles. The van der Waals surface area contributed by atoms with Crippen molar-refractivity contribution in [2.45, 2.75) is 0 Å². The number of hydrogen-bond donors (Lipinski definition) is 0. The highest BCUT2D eigenvalue weighted by molar-refractivity contribution is 6.28. The van der Waals surface area contributed by atoms with E-state index in [9.17, 15) is 0 Å². The molecule has 0 spiro atoms. The summed E-state index contributed by atoms with van der Waals surface area (Å²) in [5.41, 5.74) is 0. The molecule has 1 rings (SSSR count). The summed E-state index contributed by atoms with van der Waals surface area (Å²) in [6.45, 7) is 4.04. The summed E-state index contributed by atoms with van der Waals surface area (Å²) < 4.78 is 10.2. The van der Waals surface area contributed by atoms with Gasteiger partial charge in [0.05, 0.1) is 13.2 Å². The quantitative estimate of drug-likeness (QED) is 0.427. The van der Waals surface area contributed by atoms with Gasteiger partial charge in [-0.15, -0.1) is 0 Å². The minimum Gasteiger partial charge on any atom is -0.379 e. The third-order valence-electron chi connectivity index (χ3n) is 1.72. The molecular weight excluding hydrogens is 143 g/mol. The Morgan fingerprint density at radius 1 is 1.10 bits per heavy atom. The summed E-state index contributed by atoms with van der Waals surface area (Å²) in [7, 11) is 4.36. The summed E-state index contributed by atoms with van der Waals surface area (Å²) >= 11 is -0.113. The third-order valence-corrected chi connectivity index (χ3v) is 3.32. The molecule has 0 radical (unpaired) electrons. The van der Waals surface area contributed by atoms with Crippen molar-refractivity contribution < 1.29 is 4.74 Å². The maximum Gasteiger partial charge on any atom is 0.462 e. The molecule has 4 heteroatoms. The van der Waals surface area contributed by atoms with Gasteiger partial charge in [-0.1, -0.05) is 0 Å². The topological polar surface area (TPSA) is 15.7 Å². The molecule has 0 atom stereocenters. The van der Waals surface area contributed by atoms with Gasteiger partial charge in [0.1, 0.15) is 0 Å². The fourth-order valence-corrected chi connectivity index (χ4v) is 2.46. The number of ether oxygens (including phenoxy) is 1. The summed E-state index contributed by atoms with van der Waals surface area (Å²) in [5, 5.41) is 0. The molecule has 0 aliphatic carbocycles. The molecule has 0 unspecified atom stereocenters. The van der Waals surface area contributed by atoms with E-state index in [-0.39, 0.29) is 15.7 Å². The summed E-state index contributed by atoms with van der Waals surface area (Å²) in [6, 6.07) is 0. The Kier molecular flexibility index (Phi) is 3.68. The second-order valence-corrected chi connectivity index (χ2v) is 5.36. The zero-order chi connectivity index (χ0) is 7.40. The average molecular weight is 158 g/mol. The Balaban J connectivity index is 2.25. The van der Waals surface area contributed by atoms with Crippen molar-refractivity contribution >= 4 is 15.7 Å². The first kappa shape index (κ1) is 8.51. The van der Waals surface area contributed by atoms with E-state index < -0.39 is 0 Å². The van der Waals surface area contributed by atoms with E-state index in [1.54, 1.807) is 0 Å². The molecule has 0 bridgehead atoms. The Bertz CT molecular complexity index is 91.7. The molecule has 1 saturated heterocycles. The fourth-order valence-electron chi connectivity index (χ4n) is 1.10. The van der Waals surface area contributed by atoms with Gasteiger partial charge in [0.15, 0.2) is 0 Å². The standard InChI is InChI=1S/C6H14N2O.Al.H/c1-7-3-5-9-6-4-8-2;;/h3-6H2,1-2H3;;/q-2;+2;. The van der Waals surface area contributed by atoms with Crippen LogP contribution in [-0.2, 0) is 4.74 Å². The van der Waals surface area contributed by atoms with E-state index in [1.807, 2.05) is 0 Å². The van der Waals surface area contributed by atoms with Crippen LogP contribution in [0.2, 0.25) is 0 Å². The van der Waals surface area contributed by atoms with Gasteiger partial charge >= 0.3 is 15.7 Å². The second kappa shape index (κ2) is 4.32. The first-order valence-electron chi connectivity index (χ1n) is 3.74. The molecule has 58 valence electrons. The number of nitrogens with zero attached hydrogens (tertiary/aromatic N) is 2. The normalized spacial score (nSPS) is 25.0. The molecule has 0 saturated carbocycles. The fraction of sp³-hybridized carbons (Fsp3) is 1.00. The van der Waals surface area contributed by atoms with Crippen LogP contribution in [0.4, 0.5) is 0 Å². The van der Waals surface area contributed by atoms with Gasteiger partial charge in [-0.3, -0.25) is 0 Å². The van der Waals surface area contributed by atoms with Crippen LogP contribution in [-0.4, -0.2) is 63.8 Å². The highest BCUT2D eigenvalue weighted by Gasteiger charge is 2.10. The number of hydrogen-bond acceptors (Lipinski definition) is 3. The summed E-state index contributed by atoms with van der Waals surface area (Å²) in [5.74, 6) is 0. The SMILES string of the molecule is C[N]1CCOCC[N](C)[AlH]1. The van der Waals surface area contributed by atoms with E-state index in [0.717, 1.165) is 26.3 Å². The lowest BCUT2D eigenvalue weighted by atomic mass is 10.6. The lowest BCUT2D eigenvalue weighted by Crippen LogP contribution is -2.42. The average Bonchev–Trinajstić information content (AvgIpc) is 1.83. The largest absolute Gasteiger partial charge is 0.462 e. The van der Waals surface area contributed by atoms with Crippen LogP contribution < -0.4 is 0 Å². The maximum atomic E-state index is 5.35. The van der Waals surface area contributed by atoms with Gasteiger partial charge in [0.2, 0.25) is 0 Å². The highest BCUT2D eigenvalue weighted by Crippen LogP contribution is 1.90. The van der Waals surface area contributed by atoms with E-state index in [2.05, 4.69) is 21.9 Å². The molecular formula is C6H15AlN2O. The third kappa shape index (κ3) is 3.00. The molecule has 1 heterocycles. The first-order chi connectivity index (χ1) is 4.79. The van der Waals surface area contributed by atoms with Crippen molar-refractivity contribution in [3.8, 4) is 0 Å². The van der Waals surface area contributed by atoms with Crippen molar-refractivity contribution in [2.75, 3.05) is 40.4 Å². The van der Waals surface area contributed by atoms with Crippen LogP contribution in [0, 0.1) is 0 Å². The molecule has 0 aromatic rings. The molecule has 1 fully saturated rings. The first-order valence-corrected chi connectivity index (χ1v) is 5.00. The Hall–Kier alpha value is 0.412. The molecule has 0 N–H and O–H groups in total. The van der Waals surface area contributed by atoms with Crippen LogP contribution in [0.15, 0.2) is 0 Å². The highest BCUT2D eigenvalue weighted by atomic mass is 27.1. The van der Waals surface area contributed by atoms with E-state index in [0.29, 0.717) is 0 Å².